The van der Waals surface area contributed by atoms with Crippen LogP contribution in [0.3, 0.4) is 0 Å². The third kappa shape index (κ3) is 7.85. The Morgan fingerprint density at radius 1 is 0.857 bits per heavy atom. The summed E-state index contributed by atoms with van der Waals surface area (Å²) < 4.78 is 2.12. The normalized spacial score (nSPS) is 16.9. The number of nitrogens with zero attached hydrogens (tertiary/aromatic N) is 2. The van der Waals surface area contributed by atoms with Gasteiger partial charge in [0.1, 0.15) is 19.1 Å². The average Bonchev–Trinajstić information content (AvgIpc) is 3.02. The van der Waals surface area contributed by atoms with Crippen molar-refractivity contribution in [1.82, 2.24) is 4.90 Å². The van der Waals surface area contributed by atoms with E-state index in [0.717, 1.165) is 19.6 Å². The van der Waals surface area contributed by atoms with Crippen molar-refractivity contribution >= 4 is 6.02 Å². The van der Waals surface area contributed by atoms with Crippen molar-refractivity contribution in [3.63, 3.8) is 0 Å². The van der Waals surface area contributed by atoms with Gasteiger partial charge in [-0.05, 0) is 25.3 Å². The van der Waals surface area contributed by atoms with E-state index in [0.29, 0.717) is 12.1 Å². The molecule has 0 spiro atoms. The molecule has 1 atom stereocenters. The summed E-state index contributed by atoms with van der Waals surface area (Å²) in [4.78, 5) is 2.22. The van der Waals surface area contributed by atoms with Crippen LogP contribution in [0.4, 0.5) is 0 Å². The molecule has 0 bridgehead atoms. The third-order valence-electron chi connectivity index (χ3n) is 6.13. The van der Waals surface area contributed by atoms with Gasteiger partial charge in [0.25, 0.3) is 0 Å². The van der Waals surface area contributed by atoms with Crippen LogP contribution in [0, 0.1) is 0 Å². The highest BCUT2D eigenvalue weighted by Gasteiger charge is 2.38. The van der Waals surface area contributed by atoms with Crippen LogP contribution in [0.25, 0.3) is 0 Å². The first-order valence-electron chi connectivity index (χ1n) is 11.9. The Morgan fingerprint density at radius 2 is 1.43 bits per heavy atom. The molecule has 2 rings (SSSR count). The molecule has 1 unspecified atom stereocenters. The monoisotopic (exact) mass is 387 g/mol. The van der Waals surface area contributed by atoms with Gasteiger partial charge in [0.15, 0.2) is 0 Å². The molecular weight excluding hydrogens is 344 g/mol. The highest BCUT2D eigenvalue weighted by Crippen LogP contribution is 2.20. The Kier molecular flexibility index (Phi) is 11.1. The first kappa shape index (κ1) is 22.8. The van der Waals surface area contributed by atoms with Crippen LogP contribution in [0.1, 0.15) is 96.5 Å². The van der Waals surface area contributed by atoms with E-state index in [4.69, 9.17) is 0 Å². The van der Waals surface area contributed by atoms with Crippen molar-refractivity contribution in [3.8, 4) is 0 Å². The molecule has 0 saturated heterocycles. The molecular formula is C25H43N2O+. The molecule has 158 valence electrons. The number of aliphatic hydroxyl groups is 1. The summed E-state index contributed by atoms with van der Waals surface area (Å²) in [5, 5.41) is 10.6. The SMILES string of the molecule is CCCCCCCCCCCCCC1C[N+](CC)=C(O)N1Cc1ccccc1. The molecule has 1 aromatic rings. The molecule has 1 aromatic carbocycles. The van der Waals surface area contributed by atoms with Crippen LogP contribution in [-0.4, -0.2) is 39.7 Å². The summed E-state index contributed by atoms with van der Waals surface area (Å²) >= 11 is 0. The van der Waals surface area contributed by atoms with E-state index < -0.39 is 0 Å². The Morgan fingerprint density at radius 3 is 2.00 bits per heavy atom. The molecule has 28 heavy (non-hydrogen) atoms. The second-order valence-electron chi connectivity index (χ2n) is 8.43. The van der Waals surface area contributed by atoms with Crippen molar-refractivity contribution in [3.05, 3.63) is 35.9 Å². The van der Waals surface area contributed by atoms with Crippen LogP contribution in [0.5, 0.6) is 0 Å². The minimum absolute atomic E-state index is 0.443. The predicted octanol–water partition coefficient (Wildman–Crippen LogP) is 6.52. The minimum Gasteiger partial charge on any atom is -0.447 e. The fourth-order valence-electron chi connectivity index (χ4n) is 4.32. The van der Waals surface area contributed by atoms with Gasteiger partial charge in [-0.25, -0.2) is 9.48 Å². The average molecular weight is 388 g/mol. The molecule has 0 fully saturated rings. The van der Waals surface area contributed by atoms with Crippen molar-refractivity contribution in [2.24, 2.45) is 0 Å². The molecule has 0 aromatic heterocycles. The molecule has 0 aliphatic carbocycles. The maximum Gasteiger partial charge on any atom is 0.444 e. The largest absolute Gasteiger partial charge is 0.447 e. The van der Waals surface area contributed by atoms with Gasteiger partial charge in [0, 0.05) is 0 Å². The smallest absolute Gasteiger partial charge is 0.444 e. The number of benzene rings is 1. The van der Waals surface area contributed by atoms with Gasteiger partial charge in [-0.1, -0.05) is 101 Å². The van der Waals surface area contributed by atoms with E-state index in [1.807, 2.05) is 0 Å². The number of likely N-dealkylation sites (N-methyl/N-ethyl adjacent to an activating group) is 1. The lowest BCUT2D eigenvalue weighted by molar-refractivity contribution is -0.524. The third-order valence-corrected chi connectivity index (χ3v) is 6.13. The van der Waals surface area contributed by atoms with Crippen molar-refractivity contribution < 1.29 is 9.68 Å². The van der Waals surface area contributed by atoms with E-state index in [9.17, 15) is 5.11 Å². The van der Waals surface area contributed by atoms with Gasteiger partial charge >= 0.3 is 6.02 Å². The molecule has 0 amide bonds. The predicted molar refractivity (Wildman–Crippen MR) is 120 cm³/mol. The number of rotatable bonds is 15. The molecule has 0 radical (unpaired) electrons. The molecule has 1 aliphatic rings. The van der Waals surface area contributed by atoms with E-state index in [2.05, 4.69) is 53.7 Å². The van der Waals surface area contributed by atoms with Crippen LogP contribution in [0.2, 0.25) is 0 Å². The van der Waals surface area contributed by atoms with Gasteiger partial charge in [-0.15, -0.1) is 0 Å². The molecule has 1 heterocycles. The van der Waals surface area contributed by atoms with Crippen molar-refractivity contribution in [2.45, 2.75) is 103 Å². The van der Waals surface area contributed by atoms with Crippen LogP contribution in [0.15, 0.2) is 30.3 Å². The standard InChI is InChI=1S/C25H42N2O/c1-3-5-6-7-8-9-10-11-12-13-17-20-24-22-26(4-2)25(28)27(24)21-23-18-15-14-16-19-23/h14-16,18-19,24H,3-13,17,20-22H2,1-2H3/p+1. The van der Waals surface area contributed by atoms with Gasteiger partial charge in [0.05, 0.1) is 6.54 Å². The van der Waals surface area contributed by atoms with Crippen molar-refractivity contribution in [1.29, 1.82) is 0 Å². The van der Waals surface area contributed by atoms with Gasteiger partial charge in [-0.2, -0.15) is 0 Å². The summed E-state index contributed by atoms with van der Waals surface area (Å²) in [5.74, 6) is 0. The summed E-state index contributed by atoms with van der Waals surface area (Å²) in [6.07, 6.45) is 16.4. The summed E-state index contributed by atoms with van der Waals surface area (Å²) in [6, 6.07) is 11.4. The maximum atomic E-state index is 10.6. The zero-order valence-electron chi connectivity index (χ0n) is 18.4. The number of hydrogen-bond acceptors (Lipinski definition) is 1. The van der Waals surface area contributed by atoms with Crippen LogP contribution < -0.4 is 0 Å². The van der Waals surface area contributed by atoms with Gasteiger partial charge in [-0.3, -0.25) is 0 Å². The minimum atomic E-state index is 0.443. The summed E-state index contributed by atoms with van der Waals surface area (Å²) in [6.45, 7) is 7.07. The summed E-state index contributed by atoms with van der Waals surface area (Å²) in [7, 11) is 0. The highest BCUT2D eigenvalue weighted by atomic mass is 16.3. The Balaban J connectivity index is 1.63. The fourth-order valence-corrected chi connectivity index (χ4v) is 4.32. The van der Waals surface area contributed by atoms with E-state index in [1.165, 1.54) is 82.6 Å². The van der Waals surface area contributed by atoms with Gasteiger partial charge in [0.2, 0.25) is 0 Å². The number of hydrogen-bond donors (Lipinski definition) is 1. The van der Waals surface area contributed by atoms with Gasteiger partial charge < -0.3 is 5.11 Å². The molecule has 3 heteroatoms. The second-order valence-corrected chi connectivity index (χ2v) is 8.43. The number of amidine groups is 1. The maximum absolute atomic E-state index is 10.6. The fraction of sp³-hybridized carbons (Fsp3) is 0.720. The van der Waals surface area contributed by atoms with Crippen LogP contribution >= 0.6 is 0 Å². The zero-order chi connectivity index (χ0) is 20.0. The zero-order valence-corrected chi connectivity index (χ0v) is 18.4. The van der Waals surface area contributed by atoms with Crippen LogP contribution in [-0.2, 0) is 6.54 Å². The van der Waals surface area contributed by atoms with Crippen molar-refractivity contribution in [2.75, 3.05) is 13.1 Å². The number of aliphatic hydroxyl groups excluding tert-OH is 1. The Labute approximate surface area is 173 Å². The first-order valence-corrected chi connectivity index (χ1v) is 11.9. The summed E-state index contributed by atoms with van der Waals surface area (Å²) in [5.41, 5.74) is 1.27. The number of unbranched alkanes of at least 4 members (excludes halogenated alkanes) is 10. The van der Waals surface area contributed by atoms with E-state index in [-0.39, 0.29) is 0 Å². The lowest BCUT2D eigenvalue weighted by Gasteiger charge is -2.18. The first-order chi connectivity index (χ1) is 13.8. The lowest BCUT2D eigenvalue weighted by atomic mass is 10.0. The molecule has 3 nitrogen and oxygen atoms in total. The molecule has 1 aliphatic heterocycles. The Bertz CT molecular complexity index is 555. The molecule has 0 saturated carbocycles. The quantitative estimate of drug-likeness (QED) is 0.274. The molecule has 1 N–H and O–H groups in total. The highest BCUT2D eigenvalue weighted by molar-refractivity contribution is 5.67. The lowest BCUT2D eigenvalue weighted by Crippen LogP contribution is -2.36. The van der Waals surface area contributed by atoms with E-state index in [1.54, 1.807) is 0 Å². The second kappa shape index (κ2) is 13.6. The Hall–Kier alpha value is -1.51. The topological polar surface area (TPSA) is 26.5 Å². The van der Waals surface area contributed by atoms with E-state index >= 15 is 0 Å².